The van der Waals surface area contributed by atoms with Crippen LogP contribution in [-0.4, -0.2) is 58.5 Å². The second-order valence-corrected chi connectivity index (χ2v) is 12.6. The minimum atomic E-state index is -4.20. The number of aryl methyl sites for hydroxylation is 1. The van der Waals surface area contributed by atoms with E-state index < -0.39 is 28.5 Å². The number of ether oxygens (including phenoxy) is 2. The molecule has 3 rings (SSSR count). The van der Waals surface area contributed by atoms with E-state index >= 15 is 0 Å². The molecule has 1 N–H and O–H groups in total. The van der Waals surface area contributed by atoms with Gasteiger partial charge in [0.1, 0.15) is 12.6 Å². The molecule has 0 heterocycles. The lowest BCUT2D eigenvalue weighted by atomic mass is 10.1. The van der Waals surface area contributed by atoms with Crippen LogP contribution in [0.3, 0.4) is 0 Å². The summed E-state index contributed by atoms with van der Waals surface area (Å²) >= 11 is 3.42. The third kappa shape index (κ3) is 8.25. The first-order valence-electron chi connectivity index (χ1n) is 13.6. The van der Waals surface area contributed by atoms with E-state index in [9.17, 15) is 18.0 Å². The van der Waals surface area contributed by atoms with Crippen molar-refractivity contribution in [1.82, 2.24) is 10.2 Å². The molecule has 0 aliphatic rings. The second kappa shape index (κ2) is 15.1. The van der Waals surface area contributed by atoms with Crippen LogP contribution < -0.4 is 19.1 Å². The predicted octanol–water partition coefficient (Wildman–Crippen LogP) is 5.30. The summed E-state index contributed by atoms with van der Waals surface area (Å²) in [4.78, 5) is 28.6. The van der Waals surface area contributed by atoms with E-state index in [-0.39, 0.29) is 23.0 Å². The Hall–Kier alpha value is -3.57. The summed E-state index contributed by atoms with van der Waals surface area (Å²) in [6.45, 7) is 5.58. The first kappa shape index (κ1) is 32.9. The van der Waals surface area contributed by atoms with E-state index in [4.69, 9.17) is 9.47 Å². The summed E-state index contributed by atoms with van der Waals surface area (Å²) in [5, 5.41) is 2.89. The van der Waals surface area contributed by atoms with Crippen molar-refractivity contribution < 1.29 is 27.5 Å². The van der Waals surface area contributed by atoms with Gasteiger partial charge in [-0.3, -0.25) is 13.9 Å². The molecule has 0 aromatic heterocycles. The zero-order valence-corrected chi connectivity index (χ0v) is 27.0. The number of hydrogen-bond acceptors (Lipinski definition) is 6. The van der Waals surface area contributed by atoms with Crippen molar-refractivity contribution in [2.24, 2.45) is 0 Å². The van der Waals surface area contributed by atoms with Gasteiger partial charge in [0.2, 0.25) is 11.8 Å². The maximum absolute atomic E-state index is 14.1. The van der Waals surface area contributed by atoms with Crippen molar-refractivity contribution >= 4 is 43.5 Å². The zero-order chi connectivity index (χ0) is 30.9. The quantitative estimate of drug-likeness (QED) is 0.235. The topological polar surface area (TPSA) is 105 Å². The molecule has 0 fully saturated rings. The summed E-state index contributed by atoms with van der Waals surface area (Å²) in [6, 6.07) is 17.6. The Bertz CT molecular complexity index is 1460. The maximum Gasteiger partial charge on any atom is 0.264 e. The van der Waals surface area contributed by atoms with E-state index in [1.165, 1.54) is 37.3 Å². The van der Waals surface area contributed by atoms with Gasteiger partial charge in [-0.1, -0.05) is 59.1 Å². The average Bonchev–Trinajstić information content (AvgIpc) is 2.98. The summed E-state index contributed by atoms with van der Waals surface area (Å²) in [7, 11) is -1.27. The molecular formula is C31H38BrN3O6S. The Morgan fingerprint density at radius 1 is 0.952 bits per heavy atom. The van der Waals surface area contributed by atoms with Crippen molar-refractivity contribution in [1.29, 1.82) is 0 Å². The number of anilines is 1. The van der Waals surface area contributed by atoms with E-state index in [0.29, 0.717) is 18.0 Å². The Labute approximate surface area is 257 Å². The molecule has 0 aliphatic carbocycles. The van der Waals surface area contributed by atoms with Crippen molar-refractivity contribution in [3.63, 3.8) is 0 Å². The van der Waals surface area contributed by atoms with E-state index in [1.807, 2.05) is 38.1 Å². The van der Waals surface area contributed by atoms with Crippen molar-refractivity contribution in [3.8, 4) is 11.5 Å². The number of hydrogen-bond donors (Lipinski definition) is 1. The van der Waals surface area contributed by atoms with Crippen LogP contribution in [0.2, 0.25) is 0 Å². The summed E-state index contributed by atoms with van der Waals surface area (Å²) in [5.41, 5.74) is 1.90. The predicted molar refractivity (Wildman–Crippen MR) is 167 cm³/mol. The van der Waals surface area contributed by atoms with Gasteiger partial charge in [-0.2, -0.15) is 0 Å². The summed E-state index contributed by atoms with van der Waals surface area (Å²) < 4.78 is 40.7. The molecule has 226 valence electrons. The molecule has 11 heteroatoms. The van der Waals surface area contributed by atoms with Crippen LogP contribution in [0.25, 0.3) is 0 Å². The molecule has 9 nitrogen and oxygen atoms in total. The van der Waals surface area contributed by atoms with E-state index in [1.54, 1.807) is 31.2 Å². The second-order valence-electron chi connectivity index (χ2n) is 9.83. The lowest BCUT2D eigenvalue weighted by Gasteiger charge is -2.32. The number of benzene rings is 3. The molecule has 42 heavy (non-hydrogen) atoms. The number of carbonyl (C=O) groups excluding carboxylic acids is 2. The van der Waals surface area contributed by atoms with Gasteiger partial charge in [0.25, 0.3) is 10.0 Å². The highest BCUT2D eigenvalue weighted by Gasteiger charge is 2.33. The van der Waals surface area contributed by atoms with Crippen molar-refractivity contribution in [2.75, 3.05) is 31.6 Å². The molecule has 0 unspecified atom stereocenters. The first-order valence-corrected chi connectivity index (χ1v) is 15.9. The number of methoxy groups -OCH3 is 2. The largest absolute Gasteiger partial charge is 0.493 e. The van der Waals surface area contributed by atoms with Gasteiger partial charge in [-0.05, 0) is 62.2 Å². The van der Waals surface area contributed by atoms with Crippen LogP contribution in [0.5, 0.6) is 11.5 Å². The highest BCUT2D eigenvalue weighted by molar-refractivity contribution is 9.10. The minimum absolute atomic E-state index is 0.0282. The Morgan fingerprint density at radius 2 is 1.60 bits per heavy atom. The Balaban J connectivity index is 2.05. The number of nitrogens with zero attached hydrogens (tertiary/aromatic N) is 2. The fraction of sp³-hybridized carbons (Fsp3) is 0.355. The monoisotopic (exact) mass is 659 g/mol. The third-order valence-electron chi connectivity index (χ3n) is 6.81. The fourth-order valence-corrected chi connectivity index (χ4v) is 5.92. The van der Waals surface area contributed by atoms with Crippen LogP contribution >= 0.6 is 15.9 Å². The van der Waals surface area contributed by atoms with Crippen molar-refractivity contribution in [3.05, 3.63) is 82.3 Å². The molecule has 0 saturated heterocycles. The van der Waals surface area contributed by atoms with Gasteiger partial charge in [0.05, 0.1) is 24.8 Å². The minimum Gasteiger partial charge on any atom is -0.493 e. The number of amides is 2. The Morgan fingerprint density at radius 3 is 2.19 bits per heavy atom. The number of nitrogens with one attached hydrogen (secondary N) is 1. The van der Waals surface area contributed by atoms with Crippen LogP contribution in [0.4, 0.5) is 5.69 Å². The van der Waals surface area contributed by atoms with Crippen LogP contribution in [0.15, 0.2) is 76.1 Å². The highest BCUT2D eigenvalue weighted by atomic mass is 79.9. The number of unbranched alkanes of at least 4 members (excludes halogenated alkanes) is 1. The lowest BCUT2D eigenvalue weighted by molar-refractivity contribution is -0.139. The normalized spacial score (nSPS) is 11.9. The first-order chi connectivity index (χ1) is 20.0. The molecular weight excluding hydrogens is 622 g/mol. The zero-order valence-electron chi connectivity index (χ0n) is 24.6. The molecule has 0 radical (unpaired) electrons. The van der Waals surface area contributed by atoms with Gasteiger partial charge >= 0.3 is 0 Å². The highest BCUT2D eigenvalue weighted by Crippen LogP contribution is 2.34. The molecule has 0 aliphatic heterocycles. The van der Waals surface area contributed by atoms with Gasteiger partial charge in [-0.25, -0.2) is 8.42 Å². The summed E-state index contributed by atoms with van der Waals surface area (Å²) in [5.74, 6) is -0.133. The Kier molecular flexibility index (Phi) is 11.8. The molecule has 2 amide bonds. The van der Waals surface area contributed by atoms with E-state index in [2.05, 4.69) is 21.2 Å². The maximum atomic E-state index is 14.1. The standard InChI is InChI=1S/C31H38BrN3O6S/c1-6-7-18-33-31(37)23(3)34(20-24-10-12-25(32)13-11-24)30(36)21-35(26-14-17-28(40-4)29(19-26)41-5)42(38,39)27-15-8-22(2)9-16-27/h8-17,19,23H,6-7,18,20-21H2,1-5H3,(H,33,37)/t23-/m1/s1. The van der Waals surface area contributed by atoms with Crippen LogP contribution in [0.1, 0.15) is 37.8 Å². The van der Waals surface area contributed by atoms with Crippen LogP contribution in [0, 0.1) is 6.92 Å². The molecule has 0 bridgehead atoms. The lowest BCUT2D eigenvalue weighted by Crippen LogP contribution is -2.51. The number of rotatable bonds is 14. The molecule has 3 aromatic carbocycles. The van der Waals surface area contributed by atoms with Crippen molar-refractivity contribution in [2.45, 2.75) is 51.1 Å². The fourth-order valence-electron chi connectivity index (χ4n) is 4.25. The molecule has 1 atom stereocenters. The average molecular weight is 661 g/mol. The number of sulfonamides is 1. The number of halogens is 1. The van der Waals surface area contributed by atoms with E-state index in [0.717, 1.165) is 32.7 Å². The van der Waals surface area contributed by atoms with Gasteiger partial charge in [0.15, 0.2) is 11.5 Å². The third-order valence-corrected chi connectivity index (χ3v) is 9.12. The van der Waals surface area contributed by atoms with Gasteiger partial charge < -0.3 is 19.7 Å². The summed E-state index contributed by atoms with van der Waals surface area (Å²) in [6.07, 6.45) is 1.72. The van der Waals surface area contributed by atoms with Gasteiger partial charge in [0, 0.05) is 23.6 Å². The molecule has 3 aromatic rings. The smallest absolute Gasteiger partial charge is 0.264 e. The van der Waals surface area contributed by atoms with Crippen LogP contribution in [-0.2, 0) is 26.2 Å². The SMILES string of the molecule is CCCCNC(=O)[C@@H](C)N(Cc1ccc(Br)cc1)C(=O)CN(c1ccc(OC)c(OC)c1)S(=O)(=O)c1ccc(C)cc1. The molecule has 0 saturated carbocycles. The number of carbonyl (C=O) groups is 2. The molecule has 0 spiro atoms. The van der Waals surface area contributed by atoms with Gasteiger partial charge in [-0.15, -0.1) is 0 Å².